The summed E-state index contributed by atoms with van der Waals surface area (Å²) in [5, 5.41) is 13.5. The Balaban J connectivity index is 1.87. The maximum Gasteiger partial charge on any atom is 0.350 e. The van der Waals surface area contributed by atoms with Crippen molar-refractivity contribution in [3.05, 3.63) is 70.6 Å². The molecule has 0 bridgehead atoms. The minimum atomic E-state index is -1.34. The van der Waals surface area contributed by atoms with E-state index in [0.717, 1.165) is 10.4 Å². The van der Waals surface area contributed by atoms with Crippen LogP contribution in [0.3, 0.4) is 0 Å². The highest BCUT2D eigenvalue weighted by Crippen LogP contribution is 2.38. The smallest absolute Gasteiger partial charge is 0.350 e. The first-order valence-corrected chi connectivity index (χ1v) is 8.91. The molecule has 5 nitrogen and oxygen atoms in total. The Morgan fingerprint density at radius 1 is 1.15 bits per heavy atom. The number of methoxy groups -OCH3 is 1. The summed E-state index contributed by atoms with van der Waals surface area (Å²) in [7, 11) is 1.30. The number of carbonyl (C=O) groups is 1. The number of esters is 1. The predicted molar refractivity (Wildman–Crippen MR) is 103 cm³/mol. The number of benzene rings is 2. The van der Waals surface area contributed by atoms with Crippen molar-refractivity contribution >= 4 is 34.6 Å². The summed E-state index contributed by atoms with van der Waals surface area (Å²) in [6.45, 7) is 0. The van der Waals surface area contributed by atoms with E-state index in [0.29, 0.717) is 21.3 Å². The van der Waals surface area contributed by atoms with E-state index < -0.39 is 12.4 Å². The number of nitrogens with one attached hydrogen (secondary N) is 1. The summed E-state index contributed by atoms with van der Waals surface area (Å²) in [5.41, 5.74) is 1.19. The van der Waals surface area contributed by atoms with Crippen LogP contribution in [0, 0.1) is 0 Å². The van der Waals surface area contributed by atoms with Crippen LogP contribution in [0.15, 0.2) is 60.7 Å². The summed E-state index contributed by atoms with van der Waals surface area (Å²) in [5.74, 6) is -0.0172. The average molecular weight is 390 g/mol. The van der Waals surface area contributed by atoms with Gasteiger partial charge in [-0.15, -0.1) is 11.3 Å². The van der Waals surface area contributed by atoms with Gasteiger partial charge in [0.1, 0.15) is 10.6 Å². The number of para-hydroxylation sites is 1. The summed E-state index contributed by atoms with van der Waals surface area (Å²) < 4.78 is 10.2. The van der Waals surface area contributed by atoms with Crippen LogP contribution in [0.1, 0.15) is 9.67 Å². The molecule has 0 saturated heterocycles. The number of hydrogen-bond donors (Lipinski definition) is 2. The van der Waals surface area contributed by atoms with Crippen molar-refractivity contribution in [3.8, 4) is 16.2 Å². The SMILES string of the molecule is COC(=O)c1sc(-c2ccccc2Cl)cc1NC(O)Oc1ccccc1. The van der Waals surface area contributed by atoms with Crippen LogP contribution in [-0.2, 0) is 4.74 Å². The fourth-order valence-electron chi connectivity index (χ4n) is 2.33. The molecule has 26 heavy (non-hydrogen) atoms. The van der Waals surface area contributed by atoms with Crippen LogP contribution in [-0.4, -0.2) is 24.6 Å². The number of ether oxygens (including phenoxy) is 2. The van der Waals surface area contributed by atoms with Gasteiger partial charge in [-0.25, -0.2) is 4.79 Å². The Morgan fingerprint density at radius 3 is 2.54 bits per heavy atom. The largest absolute Gasteiger partial charge is 0.465 e. The summed E-state index contributed by atoms with van der Waals surface area (Å²) in [6, 6.07) is 17.9. The van der Waals surface area contributed by atoms with Gasteiger partial charge in [0.25, 0.3) is 6.41 Å². The lowest BCUT2D eigenvalue weighted by Crippen LogP contribution is -2.26. The molecule has 1 heterocycles. The quantitative estimate of drug-likeness (QED) is 0.475. The fourth-order valence-corrected chi connectivity index (χ4v) is 3.70. The van der Waals surface area contributed by atoms with Crippen LogP contribution >= 0.6 is 22.9 Å². The highest BCUT2D eigenvalue weighted by molar-refractivity contribution is 7.18. The van der Waals surface area contributed by atoms with E-state index >= 15 is 0 Å². The second-order valence-corrected chi connectivity index (χ2v) is 6.71. The second kappa shape index (κ2) is 8.23. The number of halogens is 1. The Bertz CT molecular complexity index is 898. The highest BCUT2D eigenvalue weighted by Gasteiger charge is 2.21. The number of carbonyl (C=O) groups excluding carboxylic acids is 1. The molecule has 0 aliphatic carbocycles. The van der Waals surface area contributed by atoms with E-state index in [1.54, 1.807) is 36.4 Å². The van der Waals surface area contributed by atoms with Gasteiger partial charge in [0.05, 0.1) is 12.8 Å². The third kappa shape index (κ3) is 4.16. The molecular weight excluding hydrogens is 374 g/mol. The van der Waals surface area contributed by atoms with Crippen LogP contribution in [0.25, 0.3) is 10.4 Å². The first-order valence-electron chi connectivity index (χ1n) is 7.72. The summed E-state index contributed by atoms with van der Waals surface area (Å²) >= 11 is 7.46. The van der Waals surface area contributed by atoms with Crippen LogP contribution < -0.4 is 10.1 Å². The van der Waals surface area contributed by atoms with E-state index in [-0.39, 0.29) is 0 Å². The average Bonchev–Trinajstić information content (AvgIpc) is 3.05. The first-order chi connectivity index (χ1) is 12.6. The van der Waals surface area contributed by atoms with Crippen molar-refractivity contribution in [2.24, 2.45) is 0 Å². The molecule has 1 aromatic heterocycles. The van der Waals surface area contributed by atoms with E-state index in [1.807, 2.05) is 24.3 Å². The molecule has 2 aromatic carbocycles. The lowest BCUT2D eigenvalue weighted by Gasteiger charge is -2.15. The molecule has 3 aromatic rings. The molecule has 3 rings (SSSR count). The lowest BCUT2D eigenvalue weighted by atomic mass is 10.2. The van der Waals surface area contributed by atoms with Crippen LogP contribution in [0.2, 0.25) is 5.02 Å². The molecule has 1 atom stereocenters. The predicted octanol–water partition coefficient (Wildman–Crippen LogP) is 4.62. The van der Waals surface area contributed by atoms with Crippen molar-refractivity contribution in [1.82, 2.24) is 0 Å². The van der Waals surface area contributed by atoms with Gasteiger partial charge in [-0.3, -0.25) is 0 Å². The monoisotopic (exact) mass is 389 g/mol. The van der Waals surface area contributed by atoms with Gasteiger partial charge in [-0.2, -0.15) is 0 Å². The van der Waals surface area contributed by atoms with Gasteiger partial charge < -0.3 is 19.9 Å². The van der Waals surface area contributed by atoms with Gasteiger partial charge in [0.15, 0.2) is 0 Å². The third-order valence-electron chi connectivity index (χ3n) is 3.51. The van der Waals surface area contributed by atoms with Crippen molar-refractivity contribution in [1.29, 1.82) is 0 Å². The Kier molecular flexibility index (Phi) is 5.78. The highest BCUT2D eigenvalue weighted by atomic mass is 35.5. The Labute approximate surface area is 159 Å². The Morgan fingerprint density at radius 2 is 1.85 bits per heavy atom. The molecule has 0 aliphatic heterocycles. The number of rotatable bonds is 6. The number of anilines is 1. The van der Waals surface area contributed by atoms with E-state index in [9.17, 15) is 9.90 Å². The van der Waals surface area contributed by atoms with E-state index in [4.69, 9.17) is 21.1 Å². The molecule has 0 radical (unpaired) electrons. The van der Waals surface area contributed by atoms with Crippen LogP contribution in [0.4, 0.5) is 5.69 Å². The van der Waals surface area contributed by atoms with Crippen molar-refractivity contribution < 1.29 is 19.4 Å². The van der Waals surface area contributed by atoms with Gasteiger partial charge in [0, 0.05) is 15.5 Å². The Hall–Kier alpha value is -2.54. The standard InChI is InChI=1S/C19H16ClNO4S/c1-24-18(22)17-15(21-19(23)25-12-7-3-2-4-8-12)11-16(26-17)13-9-5-6-10-14(13)20/h2-11,19,21,23H,1H3. The first kappa shape index (κ1) is 18.3. The number of aliphatic hydroxyl groups is 1. The zero-order chi connectivity index (χ0) is 18.5. The molecule has 0 saturated carbocycles. The zero-order valence-corrected chi connectivity index (χ0v) is 15.4. The van der Waals surface area contributed by atoms with Gasteiger partial charge in [-0.1, -0.05) is 48.0 Å². The summed E-state index contributed by atoms with van der Waals surface area (Å²) in [4.78, 5) is 13.2. The van der Waals surface area contributed by atoms with Crippen molar-refractivity contribution in [3.63, 3.8) is 0 Å². The van der Waals surface area contributed by atoms with Gasteiger partial charge in [0.2, 0.25) is 0 Å². The molecule has 0 spiro atoms. The molecule has 0 fully saturated rings. The van der Waals surface area contributed by atoms with Crippen molar-refractivity contribution in [2.75, 3.05) is 12.4 Å². The van der Waals surface area contributed by atoms with E-state index in [2.05, 4.69) is 5.32 Å². The lowest BCUT2D eigenvalue weighted by molar-refractivity contribution is 0.00772. The number of hydrogen-bond acceptors (Lipinski definition) is 6. The number of thiophene rings is 1. The summed E-state index contributed by atoms with van der Waals surface area (Å²) in [6.07, 6.45) is -1.34. The molecule has 1 unspecified atom stereocenters. The second-order valence-electron chi connectivity index (χ2n) is 5.25. The maximum absolute atomic E-state index is 12.1. The normalized spacial score (nSPS) is 11.7. The topological polar surface area (TPSA) is 67.8 Å². The van der Waals surface area contributed by atoms with Crippen LogP contribution in [0.5, 0.6) is 5.75 Å². The van der Waals surface area contributed by atoms with E-state index in [1.165, 1.54) is 18.4 Å². The molecular formula is C19H16ClNO4S. The van der Waals surface area contributed by atoms with Gasteiger partial charge >= 0.3 is 5.97 Å². The zero-order valence-electron chi connectivity index (χ0n) is 13.8. The minimum absolute atomic E-state index is 0.318. The third-order valence-corrected chi connectivity index (χ3v) is 4.99. The minimum Gasteiger partial charge on any atom is -0.465 e. The fraction of sp³-hybridized carbons (Fsp3) is 0.105. The number of aliphatic hydroxyl groups excluding tert-OH is 1. The molecule has 134 valence electrons. The molecule has 0 aliphatic rings. The molecule has 7 heteroatoms. The molecule has 2 N–H and O–H groups in total. The van der Waals surface area contributed by atoms with Gasteiger partial charge in [-0.05, 0) is 24.3 Å². The van der Waals surface area contributed by atoms with Crippen molar-refractivity contribution in [2.45, 2.75) is 6.41 Å². The molecule has 0 amide bonds. The maximum atomic E-state index is 12.1.